The summed E-state index contributed by atoms with van der Waals surface area (Å²) in [6.07, 6.45) is 3.19. The van der Waals surface area contributed by atoms with Crippen molar-refractivity contribution in [2.24, 2.45) is 0 Å². The molecular formula is C18H18N2O3. The minimum Gasteiger partial charge on any atom is -0.467 e. The molecule has 0 aliphatic heterocycles. The molecule has 2 amide bonds. The Bertz CT molecular complexity index is 695. The van der Waals surface area contributed by atoms with E-state index in [1.165, 1.54) is 0 Å². The fourth-order valence-electron chi connectivity index (χ4n) is 2.22. The van der Waals surface area contributed by atoms with Gasteiger partial charge in [0, 0.05) is 5.69 Å². The molecule has 2 heterocycles. The van der Waals surface area contributed by atoms with Gasteiger partial charge in [-0.25, -0.2) is 4.79 Å². The van der Waals surface area contributed by atoms with Gasteiger partial charge in [0.25, 0.3) is 0 Å². The van der Waals surface area contributed by atoms with E-state index in [1.54, 1.807) is 29.6 Å². The van der Waals surface area contributed by atoms with Gasteiger partial charge in [-0.1, -0.05) is 17.7 Å². The lowest BCUT2D eigenvalue weighted by atomic mass is 10.2. The Morgan fingerprint density at radius 2 is 1.52 bits per heavy atom. The van der Waals surface area contributed by atoms with E-state index < -0.39 is 0 Å². The first-order valence-corrected chi connectivity index (χ1v) is 7.38. The van der Waals surface area contributed by atoms with E-state index in [-0.39, 0.29) is 6.03 Å². The molecule has 0 radical (unpaired) electrons. The Kier molecular flexibility index (Phi) is 4.47. The molecule has 118 valence electrons. The number of carbonyl (C=O) groups is 1. The number of furan rings is 2. The molecule has 0 atom stereocenters. The molecule has 0 unspecified atom stereocenters. The zero-order valence-electron chi connectivity index (χ0n) is 12.9. The largest absolute Gasteiger partial charge is 0.467 e. The van der Waals surface area contributed by atoms with E-state index in [9.17, 15) is 4.79 Å². The number of hydrogen-bond acceptors (Lipinski definition) is 3. The zero-order valence-corrected chi connectivity index (χ0v) is 12.9. The van der Waals surface area contributed by atoms with Crippen molar-refractivity contribution in [2.75, 3.05) is 5.32 Å². The molecule has 3 aromatic rings. The summed E-state index contributed by atoms with van der Waals surface area (Å²) in [5.74, 6) is 1.44. The predicted octanol–water partition coefficient (Wildman–Crippen LogP) is 4.42. The SMILES string of the molecule is Cc1ccc(NC(=O)N(Cc2ccco2)Cc2ccco2)cc1. The molecule has 1 aromatic carbocycles. The average molecular weight is 310 g/mol. The second kappa shape index (κ2) is 6.87. The molecule has 0 aliphatic carbocycles. The van der Waals surface area contributed by atoms with Gasteiger partial charge in [0.15, 0.2) is 0 Å². The molecule has 1 N–H and O–H groups in total. The Morgan fingerprint density at radius 1 is 0.957 bits per heavy atom. The average Bonchev–Trinajstić information content (AvgIpc) is 3.22. The fraction of sp³-hybridized carbons (Fsp3) is 0.167. The highest BCUT2D eigenvalue weighted by molar-refractivity contribution is 5.89. The normalized spacial score (nSPS) is 10.5. The Labute approximate surface area is 134 Å². The standard InChI is InChI=1S/C18H18N2O3/c1-14-6-8-15(9-7-14)19-18(21)20(12-16-4-2-10-22-16)13-17-5-3-11-23-17/h2-11H,12-13H2,1H3,(H,19,21). The molecule has 2 aromatic heterocycles. The van der Waals surface area contributed by atoms with Crippen LogP contribution in [0.5, 0.6) is 0 Å². The summed E-state index contributed by atoms with van der Waals surface area (Å²) < 4.78 is 10.7. The quantitative estimate of drug-likeness (QED) is 0.759. The van der Waals surface area contributed by atoms with E-state index in [0.717, 1.165) is 22.8 Å². The molecule has 5 heteroatoms. The molecule has 0 spiro atoms. The lowest BCUT2D eigenvalue weighted by molar-refractivity contribution is 0.195. The Hall–Kier alpha value is -2.95. The van der Waals surface area contributed by atoms with E-state index in [2.05, 4.69) is 5.32 Å². The van der Waals surface area contributed by atoms with Crippen molar-refractivity contribution in [1.82, 2.24) is 4.90 Å². The van der Waals surface area contributed by atoms with Gasteiger partial charge in [-0.05, 0) is 43.3 Å². The maximum atomic E-state index is 12.6. The molecule has 23 heavy (non-hydrogen) atoms. The summed E-state index contributed by atoms with van der Waals surface area (Å²) in [4.78, 5) is 14.2. The van der Waals surface area contributed by atoms with E-state index >= 15 is 0 Å². The Morgan fingerprint density at radius 3 is 2.00 bits per heavy atom. The van der Waals surface area contributed by atoms with Gasteiger partial charge >= 0.3 is 6.03 Å². The van der Waals surface area contributed by atoms with Crippen molar-refractivity contribution in [1.29, 1.82) is 0 Å². The highest BCUT2D eigenvalue weighted by Crippen LogP contribution is 2.14. The van der Waals surface area contributed by atoms with Crippen LogP contribution in [0.1, 0.15) is 17.1 Å². The lowest BCUT2D eigenvalue weighted by Crippen LogP contribution is -2.33. The van der Waals surface area contributed by atoms with Gasteiger partial charge in [-0.2, -0.15) is 0 Å². The first kappa shape index (κ1) is 15.0. The number of benzene rings is 1. The summed E-state index contributed by atoms with van der Waals surface area (Å²) in [6, 6.07) is 14.8. The van der Waals surface area contributed by atoms with Gasteiger partial charge in [-0.3, -0.25) is 0 Å². The maximum Gasteiger partial charge on any atom is 0.322 e. The molecule has 3 rings (SSSR count). The second-order valence-electron chi connectivity index (χ2n) is 5.31. The third-order valence-corrected chi connectivity index (χ3v) is 3.44. The number of anilines is 1. The van der Waals surface area contributed by atoms with Crippen LogP contribution in [0.3, 0.4) is 0 Å². The van der Waals surface area contributed by atoms with Crippen LogP contribution < -0.4 is 5.32 Å². The fourth-order valence-corrected chi connectivity index (χ4v) is 2.22. The monoisotopic (exact) mass is 310 g/mol. The molecule has 0 saturated carbocycles. The number of rotatable bonds is 5. The molecule has 0 bridgehead atoms. The van der Waals surface area contributed by atoms with Crippen LogP contribution in [-0.2, 0) is 13.1 Å². The summed E-state index contributed by atoms with van der Waals surface area (Å²) in [5.41, 5.74) is 1.90. The van der Waals surface area contributed by atoms with Crippen LogP contribution in [0, 0.1) is 6.92 Å². The van der Waals surface area contributed by atoms with Crippen molar-refractivity contribution < 1.29 is 13.6 Å². The van der Waals surface area contributed by atoms with Crippen LogP contribution in [0.25, 0.3) is 0 Å². The topological polar surface area (TPSA) is 58.6 Å². The summed E-state index contributed by atoms with van der Waals surface area (Å²) >= 11 is 0. The van der Waals surface area contributed by atoms with Crippen molar-refractivity contribution in [3.8, 4) is 0 Å². The first-order chi connectivity index (χ1) is 11.2. The van der Waals surface area contributed by atoms with Crippen molar-refractivity contribution in [3.05, 3.63) is 78.1 Å². The Balaban J connectivity index is 1.73. The number of hydrogen-bond donors (Lipinski definition) is 1. The number of nitrogens with zero attached hydrogens (tertiary/aromatic N) is 1. The van der Waals surface area contributed by atoms with Crippen molar-refractivity contribution >= 4 is 11.7 Å². The first-order valence-electron chi connectivity index (χ1n) is 7.38. The van der Waals surface area contributed by atoms with Gasteiger partial charge in [0.1, 0.15) is 11.5 Å². The van der Waals surface area contributed by atoms with Crippen LogP contribution in [0.4, 0.5) is 10.5 Å². The van der Waals surface area contributed by atoms with Crippen LogP contribution >= 0.6 is 0 Å². The molecular weight excluding hydrogens is 292 g/mol. The number of nitrogens with one attached hydrogen (secondary N) is 1. The van der Waals surface area contributed by atoms with Gasteiger partial charge in [0.2, 0.25) is 0 Å². The van der Waals surface area contributed by atoms with Crippen LogP contribution in [-0.4, -0.2) is 10.9 Å². The lowest BCUT2D eigenvalue weighted by Gasteiger charge is -2.21. The summed E-state index contributed by atoms with van der Waals surface area (Å²) in [7, 11) is 0. The summed E-state index contributed by atoms with van der Waals surface area (Å²) in [6.45, 7) is 2.74. The van der Waals surface area contributed by atoms with E-state index in [4.69, 9.17) is 8.83 Å². The predicted molar refractivity (Wildman–Crippen MR) is 86.9 cm³/mol. The van der Waals surface area contributed by atoms with Crippen LogP contribution in [0.2, 0.25) is 0 Å². The summed E-state index contributed by atoms with van der Waals surface area (Å²) in [5, 5.41) is 2.90. The molecule has 5 nitrogen and oxygen atoms in total. The third-order valence-electron chi connectivity index (χ3n) is 3.44. The number of carbonyl (C=O) groups excluding carboxylic acids is 1. The van der Waals surface area contributed by atoms with Crippen LogP contribution in [0.15, 0.2) is 69.9 Å². The molecule has 0 saturated heterocycles. The minimum atomic E-state index is -0.207. The smallest absolute Gasteiger partial charge is 0.322 e. The third kappa shape index (κ3) is 4.03. The molecule has 0 fully saturated rings. The van der Waals surface area contributed by atoms with Crippen molar-refractivity contribution in [2.45, 2.75) is 20.0 Å². The highest BCUT2D eigenvalue weighted by Gasteiger charge is 2.17. The van der Waals surface area contributed by atoms with Gasteiger partial charge in [-0.15, -0.1) is 0 Å². The second-order valence-corrected chi connectivity index (χ2v) is 5.31. The van der Waals surface area contributed by atoms with Gasteiger partial charge < -0.3 is 19.1 Å². The van der Waals surface area contributed by atoms with Gasteiger partial charge in [0.05, 0.1) is 25.6 Å². The highest BCUT2D eigenvalue weighted by atomic mass is 16.3. The minimum absolute atomic E-state index is 0.207. The van der Waals surface area contributed by atoms with E-state index in [0.29, 0.717) is 13.1 Å². The van der Waals surface area contributed by atoms with E-state index in [1.807, 2.05) is 43.3 Å². The van der Waals surface area contributed by atoms with Crippen molar-refractivity contribution in [3.63, 3.8) is 0 Å². The maximum absolute atomic E-state index is 12.6. The number of amides is 2. The molecule has 0 aliphatic rings. The number of aryl methyl sites for hydroxylation is 1. The zero-order chi connectivity index (χ0) is 16.1. The number of urea groups is 1.